The van der Waals surface area contributed by atoms with Gasteiger partial charge in [0.25, 0.3) is 0 Å². The Hall–Kier alpha value is -6.56. The van der Waals surface area contributed by atoms with Gasteiger partial charge >= 0.3 is 0 Å². The van der Waals surface area contributed by atoms with Gasteiger partial charge in [0, 0.05) is 42.9 Å². The van der Waals surface area contributed by atoms with Crippen molar-refractivity contribution in [1.82, 2.24) is 19.1 Å². The van der Waals surface area contributed by atoms with Gasteiger partial charge in [-0.05, 0) is 59.7 Å². The summed E-state index contributed by atoms with van der Waals surface area (Å²) < 4.78 is 6.98. The van der Waals surface area contributed by atoms with E-state index in [2.05, 4.69) is 179 Å². The molecule has 0 aliphatic heterocycles. The number of benzene rings is 7. The van der Waals surface area contributed by atoms with Crippen LogP contribution in [0.5, 0.6) is 0 Å². The maximum absolute atomic E-state index is 5.49. The zero-order chi connectivity index (χ0) is 33.5. The quantitative estimate of drug-likeness (QED) is 0.187. The van der Waals surface area contributed by atoms with Crippen molar-refractivity contribution in [3.05, 3.63) is 170 Å². The molecule has 0 spiro atoms. The molecule has 5 heteroatoms. The Morgan fingerprint density at radius 2 is 0.980 bits per heavy atom. The molecule has 51 heavy (non-hydrogen) atoms. The molecule has 4 heterocycles. The number of thiophene rings is 1. The predicted octanol–water partition coefficient (Wildman–Crippen LogP) is 12.4. The molecule has 0 N–H and O–H groups in total. The van der Waals surface area contributed by atoms with E-state index in [4.69, 9.17) is 9.97 Å². The molecule has 0 atom stereocenters. The Kier molecular flexibility index (Phi) is 6.09. The van der Waals surface area contributed by atoms with E-state index < -0.39 is 0 Å². The Balaban J connectivity index is 1.19. The number of fused-ring (bicyclic) bond motifs is 9. The fraction of sp³-hybridized carbons (Fsp3) is 0. The van der Waals surface area contributed by atoms with Crippen LogP contribution in [0.4, 0.5) is 0 Å². The third-order valence-corrected chi connectivity index (χ3v) is 11.3. The van der Waals surface area contributed by atoms with Crippen molar-refractivity contribution in [3.63, 3.8) is 0 Å². The molecule has 238 valence electrons. The smallest absolute Gasteiger partial charge is 0.162 e. The van der Waals surface area contributed by atoms with Crippen LogP contribution in [0.3, 0.4) is 0 Å². The number of nitrogens with zero attached hydrogens (tertiary/aromatic N) is 4. The predicted molar refractivity (Wildman–Crippen MR) is 214 cm³/mol. The third kappa shape index (κ3) is 4.25. The molecule has 11 aromatic rings. The van der Waals surface area contributed by atoms with E-state index in [1.807, 2.05) is 0 Å². The fourth-order valence-corrected chi connectivity index (χ4v) is 8.97. The Labute approximate surface area is 297 Å². The van der Waals surface area contributed by atoms with E-state index in [1.54, 1.807) is 11.3 Å². The van der Waals surface area contributed by atoms with Crippen LogP contribution >= 0.6 is 11.3 Å². The number of rotatable bonds is 4. The lowest BCUT2D eigenvalue weighted by Gasteiger charge is -2.12. The van der Waals surface area contributed by atoms with Crippen molar-refractivity contribution in [2.24, 2.45) is 0 Å². The minimum atomic E-state index is 0.704. The standard InChI is InChI=1S/C46H28N4S/c1-2-13-29(14-3-1)30-25-26-41-37(28-30)35-19-6-10-23-40(35)50(41)46-44-43(36-20-7-11-24-42(36)51-44)47-45(48-46)31-15-12-16-32(27-31)49-38-21-8-4-17-33(38)34-18-5-9-22-39(34)49/h1-28H. The lowest BCUT2D eigenvalue weighted by molar-refractivity contribution is 1.08. The van der Waals surface area contributed by atoms with Crippen LogP contribution in [0.1, 0.15) is 0 Å². The van der Waals surface area contributed by atoms with Crippen LogP contribution in [-0.2, 0) is 0 Å². The highest BCUT2D eigenvalue weighted by atomic mass is 32.1. The van der Waals surface area contributed by atoms with Crippen molar-refractivity contribution in [2.75, 3.05) is 0 Å². The van der Waals surface area contributed by atoms with Gasteiger partial charge < -0.3 is 4.57 Å². The maximum Gasteiger partial charge on any atom is 0.162 e. The van der Waals surface area contributed by atoms with E-state index in [1.165, 1.54) is 48.4 Å². The van der Waals surface area contributed by atoms with Crippen LogP contribution in [-0.4, -0.2) is 19.1 Å². The number of aromatic nitrogens is 4. The second-order valence-electron chi connectivity index (χ2n) is 13.0. The Morgan fingerprint density at radius 1 is 0.392 bits per heavy atom. The van der Waals surface area contributed by atoms with Crippen LogP contribution in [0, 0.1) is 0 Å². The molecule has 0 saturated heterocycles. The van der Waals surface area contributed by atoms with Crippen molar-refractivity contribution >= 4 is 75.3 Å². The van der Waals surface area contributed by atoms with E-state index in [-0.39, 0.29) is 0 Å². The first-order valence-electron chi connectivity index (χ1n) is 17.2. The molecule has 0 aliphatic rings. The van der Waals surface area contributed by atoms with Crippen molar-refractivity contribution in [1.29, 1.82) is 0 Å². The van der Waals surface area contributed by atoms with Gasteiger partial charge in [-0.1, -0.05) is 121 Å². The van der Waals surface area contributed by atoms with E-state index >= 15 is 0 Å². The molecule has 0 radical (unpaired) electrons. The van der Waals surface area contributed by atoms with Gasteiger partial charge in [0.15, 0.2) is 11.6 Å². The molecule has 7 aromatic carbocycles. The van der Waals surface area contributed by atoms with Gasteiger partial charge in [-0.15, -0.1) is 11.3 Å². The molecule has 11 rings (SSSR count). The summed E-state index contributed by atoms with van der Waals surface area (Å²) in [4.78, 5) is 10.8. The second kappa shape index (κ2) is 11.0. The highest BCUT2D eigenvalue weighted by Gasteiger charge is 2.21. The zero-order valence-corrected chi connectivity index (χ0v) is 28.2. The van der Waals surface area contributed by atoms with Crippen LogP contribution in [0.2, 0.25) is 0 Å². The average Bonchev–Trinajstić information content (AvgIpc) is 3.86. The molecule has 0 unspecified atom stereocenters. The summed E-state index contributed by atoms with van der Waals surface area (Å²) in [7, 11) is 0. The average molecular weight is 669 g/mol. The third-order valence-electron chi connectivity index (χ3n) is 10.1. The maximum atomic E-state index is 5.49. The lowest BCUT2D eigenvalue weighted by atomic mass is 10.0. The van der Waals surface area contributed by atoms with Crippen LogP contribution in [0.15, 0.2) is 170 Å². The van der Waals surface area contributed by atoms with Gasteiger partial charge in [0.1, 0.15) is 0 Å². The molecule has 0 fully saturated rings. The van der Waals surface area contributed by atoms with Gasteiger partial charge in [-0.3, -0.25) is 4.57 Å². The van der Waals surface area contributed by atoms with Gasteiger partial charge in [0.2, 0.25) is 0 Å². The van der Waals surface area contributed by atoms with Crippen LogP contribution < -0.4 is 0 Å². The minimum Gasteiger partial charge on any atom is -0.309 e. The van der Waals surface area contributed by atoms with Crippen molar-refractivity contribution in [3.8, 4) is 34.0 Å². The zero-order valence-electron chi connectivity index (χ0n) is 27.4. The second-order valence-corrected chi connectivity index (χ2v) is 14.1. The molecule has 0 bridgehead atoms. The van der Waals surface area contributed by atoms with E-state index in [0.29, 0.717) is 5.82 Å². The van der Waals surface area contributed by atoms with Crippen LogP contribution in [0.25, 0.3) is 97.9 Å². The number of hydrogen-bond acceptors (Lipinski definition) is 3. The first-order chi connectivity index (χ1) is 25.3. The number of para-hydroxylation sites is 3. The Morgan fingerprint density at radius 3 is 1.73 bits per heavy atom. The summed E-state index contributed by atoms with van der Waals surface area (Å²) >= 11 is 1.76. The fourth-order valence-electron chi connectivity index (χ4n) is 7.85. The molecular formula is C46H28N4S. The molecule has 4 aromatic heterocycles. The summed E-state index contributed by atoms with van der Waals surface area (Å²) in [5.74, 6) is 1.60. The van der Waals surface area contributed by atoms with Gasteiger partial charge in [-0.25, -0.2) is 9.97 Å². The normalized spacial score (nSPS) is 11.9. The summed E-state index contributed by atoms with van der Waals surface area (Å²) in [6, 6.07) is 60.6. The topological polar surface area (TPSA) is 35.6 Å². The highest BCUT2D eigenvalue weighted by molar-refractivity contribution is 7.26. The van der Waals surface area contributed by atoms with E-state index in [9.17, 15) is 0 Å². The molecule has 4 nitrogen and oxygen atoms in total. The van der Waals surface area contributed by atoms with E-state index in [0.717, 1.165) is 43.7 Å². The Bertz CT molecular complexity index is 3090. The lowest BCUT2D eigenvalue weighted by Crippen LogP contribution is -2.02. The first kappa shape index (κ1) is 28.3. The minimum absolute atomic E-state index is 0.704. The molecule has 0 amide bonds. The monoisotopic (exact) mass is 668 g/mol. The first-order valence-corrected chi connectivity index (χ1v) is 18.0. The van der Waals surface area contributed by atoms with Crippen molar-refractivity contribution < 1.29 is 0 Å². The summed E-state index contributed by atoms with van der Waals surface area (Å²) in [5, 5.41) is 6.03. The SMILES string of the molecule is c1ccc(-c2ccc3c(c2)c2ccccc2n3-c2nc(-c3cccc(-n4c5ccccc5c5ccccc54)c3)nc3c2sc2ccccc23)cc1. The van der Waals surface area contributed by atoms with Gasteiger partial charge in [0.05, 0.1) is 32.3 Å². The molecule has 0 aliphatic carbocycles. The van der Waals surface area contributed by atoms with Gasteiger partial charge in [-0.2, -0.15) is 0 Å². The summed E-state index contributed by atoms with van der Waals surface area (Å²) in [6.07, 6.45) is 0. The largest absolute Gasteiger partial charge is 0.309 e. The number of hydrogen-bond donors (Lipinski definition) is 0. The molecule has 0 saturated carbocycles. The highest BCUT2D eigenvalue weighted by Crippen LogP contribution is 2.41. The summed E-state index contributed by atoms with van der Waals surface area (Å²) in [5.41, 5.74) is 10.0. The van der Waals surface area contributed by atoms with Crippen molar-refractivity contribution in [2.45, 2.75) is 0 Å². The summed E-state index contributed by atoms with van der Waals surface area (Å²) in [6.45, 7) is 0. The molecular weight excluding hydrogens is 641 g/mol.